The molecule has 0 saturated carbocycles. The van der Waals surface area contributed by atoms with Gasteiger partial charge >= 0.3 is 0 Å². The molecule has 7 nitrogen and oxygen atoms in total. The fourth-order valence-corrected chi connectivity index (χ4v) is 2.56. The molecule has 1 N–H and O–H groups in total. The van der Waals surface area contributed by atoms with E-state index in [4.69, 9.17) is 9.26 Å². The summed E-state index contributed by atoms with van der Waals surface area (Å²) < 4.78 is 10.3. The normalized spacial score (nSPS) is 10.5. The molecule has 0 aliphatic heterocycles. The summed E-state index contributed by atoms with van der Waals surface area (Å²) in [5.41, 5.74) is 0.991. The molecule has 1 amide bonds. The Morgan fingerprint density at radius 3 is 2.74 bits per heavy atom. The summed E-state index contributed by atoms with van der Waals surface area (Å²) in [4.78, 5) is 12.1. The fourth-order valence-electron chi connectivity index (χ4n) is 1.88. The van der Waals surface area contributed by atoms with E-state index < -0.39 is 0 Å². The van der Waals surface area contributed by atoms with Crippen LogP contribution in [0.3, 0.4) is 0 Å². The zero-order chi connectivity index (χ0) is 16.2. The highest BCUT2D eigenvalue weighted by atomic mass is 32.1. The maximum atomic E-state index is 12.1. The van der Waals surface area contributed by atoms with Crippen LogP contribution in [0.15, 0.2) is 34.9 Å². The first kappa shape index (κ1) is 15.2. The minimum Gasteiger partial charge on any atom is -0.497 e. The van der Waals surface area contributed by atoms with Crippen LogP contribution in [0.25, 0.3) is 11.3 Å². The SMILES string of the molecule is CCc1nnc(NC(=O)c2cc(-c3ccc(OC)cc3)on2)s1. The molecule has 0 aliphatic carbocycles. The van der Waals surface area contributed by atoms with Crippen molar-refractivity contribution in [3.8, 4) is 17.1 Å². The van der Waals surface area contributed by atoms with Crippen LogP contribution >= 0.6 is 11.3 Å². The zero-order valence-electron chi connectivity index (χ0n) is 12.6. The number of hydrogen-bond donors (Lipinski definition) is 1. The molecule has 0 bridgehead atoms. The summed E-state index contributed by atoms with van der Waals surface area (Å²) in [7, 11) is 1.60. The van der Waals surface area contributed by atoms with Crippen molar-refractivity contribution in [2.45, 2.75) is 13.3 Å². The number of carbonyl (C=O) groups is 1. The maximum Gasteiger partial charge on any atom is 0.279 e. The van der Waals surface area contributed by atoms with E-state index in [2.05, 4.69) is 20.7 Å². The Morgan fingerprint density at radius 1 is 1.30 bits per heavy atom. The third-order valence-corrected chi connectivity index (χ3v) is 4.09. The number of hydrogen-bond acceptors (Lipinski definition) is 7. The smallest absolute Gasteiger partial charge is 0.279 e. The van der Waals surface area contributed by atoms with Crippen molar-refractivity contribution < 1.29 is 14.1 Å². The highest BCUT2D eigenvalue weighted by molar-refractivity contribution is 7.15. The molecule has 3 aromatic rings. The van der Waals surface area contributed by atoms with Crippen molar-refractivity contribution in [1.29, 1.82) is 0 Å². The van der Waals surface area contributed by atoms with Crippen molar-refractivity contribution in [2.24, 2.45) is 0 Å². The highest BCUT2D eigenvalue weighted by Crippen LogP contribution is 2.23. The molecule has 1 aromatic carbocycles. The van der Waals surface area contributed by atoms with E-state index in [1.165, 1.54) is 11.3 Å². The van der Waals surface area contributed by atoms with Crippen LogP contribution in [0.5, 0.6) is 5.75 Å². The number of carbonyl (C=O) groups excluding carboxylic acids is 1. The van der Waals surface area contributed by atoms with Crippen molar-refractivity contribution in [2.75, 3.05) is 12.4 Å². The average Bonchev–Trinajstić information content (AvgIpc) is 3.24. The van der Waals surface area contributed by atoms with Gasteiger partial charge in [-0.1, -0.05) is 23.4 Å². The van der Waals surface area contributed by atoms with Crippen LogP contribution in [0, 0.1) is 0 Å². The fraction of sp³-hybridized carbons (Fsp3) is 0.200. The Kier molecular flexibility index (Phi) is 4.33. The first-order valence-electron chi connectivity index (χ1n) is 6.94. The predicted molar refractivity (Wildman–Crippen MR) is 85.7 cm³/mol. The third-order valence-electron chi connectivity index (χ3n) is 3.11. The monoisotopic (exact) mass is 330 g/mol. The zero-order valence-corrected chi connectivity index (χ0v) is 13.4. The summed E-state index contributed by atoms with van der Waals surface area (Å²) in [5.74, 6) is 0.867. The van der Waals surface area contributed by atoms with E-state index in [1.807, 2.05) is 31.2 Å². The van der Waals surface area contributed by atoms with Gasteiger partial charge in [-0.25, -0.2) is 0 Å². The molecule has 118 valence electrons. The molecule has 2 aromatic heterocycles. The summed E-state index contributed by atoms with van der Waals surface area (Å²) >= 11 is 1.34. The number of nitrogens with zero attached hydrogens (tertiary/aromatic N) is 3. The average molecular weight is 330 g/mol. The molecular formula is C15H14N4O3S. The molecule has 0 aliphatic rings. The van der Waals surface area contributed by atoms with Crippen molar-refractivity contribution in [3.05, 3.63) is 41.0 Å². The Hall–Kier alpha value is -2.74. The Bertz CT molecular complexity index is 810. The van der Waals surface area contributed by atoms with Crippen LogP contribution in [0.1, 0.15) is 22.4 Å². The second-order valence-corrected chi connectivity index (χ2v) is 5.68. The summed E-state index contributed by atoms with van der Waals surface area (Å²) in [5, 5.41) is 15.6. The standard InChI is InChI=1S/C15H14N4O3S/c1-3-13-17-18-15(23-13)16-14(20)11-8-12(22-19-11)9-4-6-10(21-2)7-5-9/h4-8H,3H2,1-2H3,(H,16,18,20). The number of ether oxygens (including phenoxy) is 1. The summed E-state index contributed by atoms with van der Waals surface area (Å²) in [6.45, 7) is 1.98. The minimum atomic E-state index is -0.382. The lowest BCUT2D eigenvalue weighted by Gasteiger charge is -1.99. The van der Waals surface area contributed by atoms with Gasteiger partial charge in [0, 0.05) is 11.6 Å². The number of anilines is 1. The van der Waals surface area contributed by atoms with Crippen LogP contribution in [-0.4, -0.2) is 28.4 Å². The van der Waals surface area contributed by atoms with E-state index in [9.17, 15) is 4.79 Å². The number of aromatic nitrogens is 3. The van der Waals surface area contributed by atoms with Crippen molar-refractivity contribution in [3.63, 3.8) is 0 Å². The number of rotatable bonds is 5. The second kappa shape index (κ2) is 6.57. The van der Waals surface area contributed by atoms with Crippen LogP contribution in [0.4, 0.5) is 5.13 Å². The van der Waals surface area contributed by atoms with Gasteiger partial charge in [-0.3, -0.25) is 10.1 Å². The van der Waals surface area contributed by atoms with Gasteiger partial charge in [0.2, 0.25) is 5.13 Å². The first-order valence-corrected chi connectivity index (χ1v) is 7.76. The molecule has 3 rings (SSSR count). The van der Waals surface area contributed by atoms with Gasteiger partial charge in [0.15, 0.2) is 11.5 Å². The largest absolute Gasteiger partial charge is 0.497 e. The molecule has 0 radical (unpaired) electrons. The van der Waals surface area contributed by atoms with Crippen molar-refractivity contribution >= 4 is 22.4 Å². The van der Waals surface area contributed by atoms with E-state index in [1.54, 1.807) is 13.2 Å². The molecule has 0 spiro atoms. The lowest BCUT2D eigenvalue weighted by atomic mass is 10.1. The molecule has 0 atom stereocenters. The second-order valence-electron chi connectivity index (χ2n) is 4.61. The lowest BCUT2D eigenvalue weighted by molar-refractivity contribution is 0.101. The van der Waals surface area contributed by atoms with Gasteiger partial charge in [0.05, 0.1) is 7.11 Å². The van der Waals surface area contributed by atoms with E-state index in [-0.39, 0.29) is 11.6 Å². The number of benzene rings is 1. The molecule has 0 fully saturated rings. The van der Waals surface area contributed by atoms with Gasteiger partial charge in [-0.15, -0.1) is 10.2 Å². The number of methoxy groups -OCH3 is 1. The molecular weight excluding hydrogens is 316 g/mol. The number of aryl methyl sites for hydroxylation is 1. The lowest BCUT2D eigenvalue weighted by Crippen LogP contribution is -2.11. The van der Waals surface area contributed by atoms with Gasteiger partial charge in [0.1, 0.15) is 10.8 Å². The maximum absolute atomic E-state index is 12.1. The van der Waals surface area contributed by atoms with Gasteiger partial charge in [-0.05, 0) is 30.7 Å². The molecule has 23 heavy (non-hydrogen) atoms. The topological polar surface area (TPSA) is 90.1 Å². The Morgan fingerprint density at radius 2 is 2.09 bits per heavy atom. The van der Waals surface area contributed by atoms with E-state index >= 15 is 0 Å². The van der Waals surface area contributed by atoms with Crippen LogP contribution in [-0.2, 0) is 6.42 Å². The minimum absolute atomic E-state index is 0.184. The van der Waals surface area contributed by atoms with Gasteiger partial charge in [-0.2, -0.15) is 0 Å². The molecule has 8 heteroatoms. The summed E-state index contributed by atoms with van der Waals surface area (Å²) in [6, 6.07) is 8.87. The van der Waals surface area contributed by atoms with Crippen LogP contribution < -0.4 is 10.1 Å². The van der Waals surface area contributed by atoms with E-state index in [0.717, 1.165) is 22.7 Å². The number of nitrogens with one attached hydrogen (secondary N) is 1. The molecule has 0 unspecified atom stereocenters. The first-order chi connectivity index (χ1) is 11.2. The Balaban J connectivity index is 1.73. The third kappa shape index (κ3) is 3.37. The molecule has 2 heterocycles. The number of amides is 1. The van der Waals surface area contributed by atoms with E-state index in [0.29, 0.717) is 10.9 Å². The quantitative estimate of drug-likeness (QED) is 0.773. The Labute approximate surface area is 136 Å². The summed E-state index contributed by atoms with van der Waals surface area (Å²) in [6.07, 6.45) is 0.777. The molecule has 0 saturated heterocycles. The highest BCUT2D eigenvalue weighted by Gasteiger charge is 2.15. The van der Waals surface area contributed by atoms with Gasteiger partial charge < -0.3 is 9.26 Å². The van der Waals surface area contributed by atoms with Crippen molar-refractivity contribution in [1.82, 2.24) is 15.4 Å². The van der Waals surface area contributed by atoms with Crippen LogP contribution in [0.2, 0.25) is 0 Å². The van der Waals surface area contributed by atoms with Gasteiger partial charge in [0.25, 0.3) is 5.91 Å². The predicted octanol–water partition coefficient (Wildman–Crippen LogP) is 3.02.